The molecule has 0 radical (unpaired) electrons. The number of phenols is 1. The molecule has 7 nitrogen and oxygen atoms in total. The van der Waals surface area contributed by atoms with E-state index in [1.54, 1.807) is 40.7 Å². The summed E-state index contributed by atoms with van der Waals surface area (Å²) >= 11 is 0. The monoisotopic (exact) mass is 480 g/mol. The van der Waals surface area contributed by atoms with Crippen LogP contribution >= 0.6 is 0 Å². The molecule has 2 heterocycles. The molecule has 178 valence electrons. The first-order chi connectivity index (χ1) is 16.4. The van der Waals surface area contributed by atoms with Crippen molar-refractivity contribution in [3.05, 3.63) is 77.9 Å². The average Bonchev–Trinajstić information content (AvgIpc) is 3.30. The number of ether oxygens (including phenoxy) is 2. The van der Waals surface area contributed by atoms with Crippen LogP contribution in [-0.2, 0) is 16.6 Å². The van der Waals surface area contributed by atoms with Gasteiger partial charge in [-0.1, -0.05) is 35.9 Å². The zero-order valence-corrected chi connectivity index (χ0v) is 19.9. The molecule has 0 aliphatic carbocycles. The van der Waals surface area contributed by atoms with Crippen molar-refractivity contribution in [2.24, 2.45) is 0 Å². The van der Waals surface area contributed by atoms with Gasteiger partial charge in [0.05, 0.1) is 10.6 Å². The predicted molar refractivity (Wildman–Crippen MR) is 130 cm³/mol. The first-order valence-corrected chi connectivity index (χ1v) is 12.9. The van der Waals surface area contributed by atoms with E-state index in [2.05, 4.69) is 4.90 Å². The molecular formula is C26H28N2O5S. The summed E-state index contributed by atoms with van der Waals surface area (Å²) in [6, 6.07) is 19.4. The summed E-state index contributed by atoms with van der Waals surface area (Å²) in [4.78, 5) is 2.52. The first kappa shape index (κ1) is 22.6. The largest absolute Gasteiger partial charge is 0.508 e. The maximum atomic E-state index is 13.9. The highest BCUT2D eigenvalue weighted by Crippen LogP contribution is 2.39. The van der Waals surface area contributed by atoms with Crippen LogP contribution in [0.25, 0.3) is 0 Å². The highest BCUT2D eigenvalue weighted by Gasteiger charge is 2.35. The van der Waals surface area contributed by atoms with Crippen LogP contribution in [0.15, 0.2) is 71.6 Å². The lowest BCUT2D eigenvalue weighted by atomic mass is 10.0. The van der Waals surface area contributed by atoms with Gasteiger partial charge in [0.25, 0.3) is 10.0 Å². The quantitative estimate of drug-likeness (QED) is 0.567. The van der Waals surface area contributed by atoms with Crippen molar-refractivity contribution in [2.45, 2.75) is 37.2 Å². The van der Waals surface area contributed by atoms with Gasteiger partial charge in [0.2, 0.25) is 6.79 Å². The highest BCUT2D eigenvalue weighted by molar-refractivity contribution is 7.92. The molecule has 2 aliphatic heterocycles. The van der Waals surface area contributed by atoms with E-state index in [-0.39, 0.29) is 23.5 Å². The van der Waals surface area contributed by atoms with E-state index in [0.29, 0.717) is 36.6 Å². The van der Waals surface area contributed by atoms with Gasteiger partial charge in [-0.2, -0.15) is 0 Å². The Bertz CT molecular complexity index is 1270. The number of phenolic OH excluding ortho intramolecular Hbond substituents is 1. The van der Waals surface area contributed by atoms with Crippen molar-refractivity contribution in [1.82, 2.24) is 4.90 Å². The number of anilines is 1. The highest BCUT2D eigenvalue weighted by atomic mass is 32.2. The van der Waals surface area contributed by atoms with Gasteiger partial charge >= 0.3 is 0 Å². The fraction of sp³-hybridized carbons (Fsp3) is 0.308. The van der Waals surface area contributed by atoms with Crippen molar-refractivity contribution < 1.29 is 23.0 Å². The van der Waals surface area contributed by atoms with Crippen LogP contribution < -0.4 is 13.8 Å². The summed E-state index contributed by atoms with van der Waals surface area (Å²) in [6.45, 7) is 4.15. The Morgan fingerprint density at radius 3 is 2.41 bits per heavy atom. The fourth-order valence-electron chi connectivity index (χ4n) is 4.59. The molecule has 8 heteroatoms. The summed E-state index contributed by atoms with van der Waals surface area (Å²) in [6.07, 6.45) is 1.35. The number of fused-ring (bicyclic) bond motifs is 1. The van der Waals surface area contributed by atoms with Crippen molar-refractivity contribution in [1.29, 1.82) is 0 Å². The lowest BCUT2D eigenvalue weighted by Gasteiger charge is -2.39. The molecule has 5 rings (SSSR count). The van der Waals surface area contributed by atoms with E-state index in [1.807, 2.05) is 37.3 Å². The normalized spacial score (nSPS) is 16.5. The molecular weight excluding hydrogens is 452 g/mol. The maximum Gasteiger partial charge on any atom is 0.264 e. The lowest BCUT2D eigenvalue weighted by Crippen LogP contribution is -2.47. The predicted octanol–water partition coefficient (Wildman–Crippen LogP) is 4.29. The van der Waals surface area contributed by atoms with Gasteiger partial charge in [-0.05, 0) is 50.1 Å². The molecule has 0 amide bonds. The number of hydrogen-bond acceptors (Lipinski definition) is 6. The molecule has 0 bridgehead atoms. The molecule has 3 aromatic rings. The van der Waals surface area contributed by atoms with Crippen LogP contribution in [0.2, 0.25) is 0 Å². The number of aryl methyl sites for hydroxylation is 1. The van der Waals surface area contributed by atoms with E-state index in [9.17, 15) is 13.5 Å². The number of para-hydroxylation sites is 1. The SMILES string of the molecule is Cc1ccc(S(=O)(=O)N(c2ccc3c(c2)OCO3)C2CCN(Cc3ccccc3O)CC2)cc1. The Kier molecular flexibility index (Phi) is 6.10. The summed E-state index contributed by atoms with van der Waals surface area (Å²) in [5.74, 6) is 1.46. The Morgan fingerprint density at radius 1 is 0.971 bits per heavy atom. The van der Waals surface area contributed by atoms with Crippen LogP contribution in [0.3, 0.4) is 0 Å². The molecule has 2 aliphatic rings. The molecule has 1 fully saturated rings. The molecule has 0 saturated carbocycles. The van der Waals surface area contributed by atoms with Gasteiger partial charge in [0, 0.05) is 37.3 Å². The summed E-state index contributed by atoms with van der Waals surface area (Å²) in [5.41, 5.74) is 2.45. The molecule has 3 aromatic carbocycles. The third-order valence-electron chi connectivity index (χ3n) is 6.46. The molecule has 0 atom stereocenters. The van der Waals surface area contributed by atoms with Crippen LogP contribution in [0.1, 0.15) is 24.0 Å². The van der Waals surface area contributed by atoms with E-state index in [4.69, 9.17) is 9.47 Å². The molecule has 0 spiro atoms. The standard InChI is InChI=1S/C26H28N2O5S/c1-19-6-9-23(10-7-19)34(30,31)28(22-8-11-25-26(16-22)33-18-32-25)21-12-14-27(15-13-21)17-20-4-2-3-5-24(20)29/h2-11,16,21,29H,12-15,17-18H2,1H3. The number of nitrogens with zero attached hydrogens (tertiary/aromatic N) is 2. The lowest BCUT2D eigenvalue weighted by molar-refractivity contribution is 0.174. The minimum Gasteiger partial charge on any atom is -0.508 e. The summed E-state index contributed by atoms with van der Waals surface area (Å²) in [7, 11) is -3.79. The van der Waals surface area contributed by atoms with Crippen LogP contribution in [-0.4, -0.2) is 44.3 Å². The summed E-state index contributed by atoms with van der Waals surface area (Å²) in [5, 5.41) is 10.1. The molecule has 1 saturated heterocycles. The molecule has 1 N–H and O–H groups in total. The number of benzene rings is 3. The van der Waals surface area contributed by atoms with Gasteiger partial charge < -0.3 is 14.6 Å². The van der Waals surface area contributed by atoms with Crippen molar-refractivity contribution in [3.8, 4) is 17.2 Å². The molecule has 34 heavy (non-hydrogen) atoms. The Labute approximate surface area is 200 Å². The zero-order valence-electron chi connectivity index (χ0n) is 19.1. The third kappa shape index (κ3) is 4.43. The molecule has 0 unspecified atom stereocenters. The smallest absolute Gasteiger partial charge is 0.264 e. The number of rotatable bonds is 6. The Balaban J connectivity index is 1.42. The number of hydrogen-bond donors (Lipinski definition) is 1. The number of aromatic hydroxyl groups is 1. The Morgan fingerprint density at radius 2 is 1.68 bits per heavy atom. The van der Waals surface area contributed by atoms with Crippen LogP contribution in [0.4, 0.5) is 5.69 Å². The van der Waals surface area contributed by atoms with E-state index in [0.717, 1.165) is 24.2 Å². The van der Waals surface area contributed by atoms with Gasteiger partial charge in [-0.15, -0.1) is 0 Å². The minimum atomic E-state index is -3.79. The van der Waals surface area contributed by atoms with Crippen LogP contribution in [0, 0.1) is 6.92 Å². The van der Waals surface area contributed by atoms with E-state index >= 15 is 0 Å². The fourth-order valence-corrected chi connectivity index (χ4v) is 6.29. The maximum absolute atomic E-state index is 13.9. The number of piperidine rings is 1. The number of likely N-dealkylation sites (tertiary alicyclic amines) is 1. The summed E-state index contributed by atoms with van der Waals surface area (Å²) < 4.78 is 40.2. The average molecular weight is 481 g/mol. The van der Waals surface area contributed by atoms with Gasteiger partial charge in [0.1, 0.15) is 5.75 Å². The minimum absolute atomic E-state index is 0.133. The van der Waals surface area contributed by atoms with Gasteiger partial charge in [-0.25, -0.2) is 8.42 Å². The molecule has 0 aromatic heterocycles. The first-order valence-electron chi connectivity index (χ1n) is 11.4. The van der Waals surface area contributed by atoms with Gasteiger partial charge in [-0.3, -0.25) is 9.21 Å². The number of sulfonamides is 1. The van der Waals surface area contributed by atoms with Crippen molar-refractivity contribution >= 4 is 15.7 Å². The second-order valence-electron chi connectivity index (χ2n) is 8.79. The van der Waals surface area contributed by atoms with Crippen LogP contribution in [0.5, 0.6) is 17.2 Å². The van der Waals surface area contributed by atoms with E-state index in [1.165, 1.54) is 0 Å². The zero-order chi connectivity index (χ0) is 23.7. The third-order valence-corrected chi connectivity index (χ3v) is 8.36. The second-order valence-corrected chi connectivity index (χ2v) is 10.6. The van der Waals surface area contributed by atoms with Crippen molar-refractivity contribution in [3.63, 3.8) is 0 Å². The Hall–Kier alpha value is -3.23. The van der Waals surface area contributed by atoms with E-state index < -0.39 is 10.0 Å². The second kappa shape index (κ2) is 9.19. The van der Waals surface area contributed by atoms with Crippen molar-refractivity contribution in [2.75, 3.05) is 24.2 Å². The van der Waals surface area contributed by atoms with Gasteiger partial charge in [0.15, 0.2) is 11.5 Å². The topological polar surface area (TPSA) is 79.3 Å².